The Morgan fingerprint density at radius 2 is 2.11 bits per heavy atom. The van der Waals surface area contributed by atoms with Crippen LogP contribution in [0.25, 0.3) is 0 Å². The predicted octanol–water partition coefficient (Wildman–Crippen LogP) is 4.03. The van der Waals surface area contributed by atoms with Gasteiger partial charge in [-0.15, -0.1) is 23.1 Å². The molecular weight excluding hydrogens is 274 g/mol. The van der Waals surface area contributed by atoms with Crippen LogP contribution in [0.1, 0.15) is 23.4 Å². The summed E-state index contributed by atoms with van der Waals surface area (Å²) in [5.41, 5.74) is 1.21. The first kappa shape index (κ1) is 14.2. The van der Waals surface area contributed by atoms with Gasteiger partial charge in [-0.1, -0.05) is 24.3 Å². The fourth-order valence-corrected chi connectivity index (χ4v) is 3.33. The summed E-state index contributed by atoms with van der Waals surface area (Å²) < 4.78 is 0. The van der Waals surface area contributed by atoms with Crippen molar-refractivity contribution in [2.24, 2.45) is 0 Å². The molecule has 1 N–H and O–H groups in total. The Labute approximate surface area is 122 Å². The molecule has 1 aromatic carbocycles. The van der Waals surface area contributed by atoms with Gasteiger partial charge in [0.25, 0.3) is 0 Å². The molecule has 1 amide bonds. The Hall–Kier alpha value is -1.26. The standard InChI is InChI=1S/C15H17NOS2/c1-11-6-3-4-7-13(11)19-10-15(17)16-12(2)14-8-5-9-18-14/h3-9,12H,10H2,1-2H3,(H,16,17). The van der Waals surface area contributed by atoms with Gasteiger partial charge in [0.2, 0.25) is 5.91 Å². The quantitative estimate of drug-likeness (QED) is 0.843. The van der Waals surface area contributed by atoms with Crippen LogP contribution in [-0.4, -0.2) is 11.7 Å². The minimum absolute atomic E-state index is 0.0779. The molecule has 0 saturated carbocycles. The van der Waals surface area contributed by atoms with Crippen molar-refractivity contribution >= 4 is 29.0 Å². The van der Waals surface area contributed by atoms with Crippen molar-refractivity contribution in [3.05, 3.63) is 52.2 Å². The van der Waals surface area contributed by atoms with Gasteiger partial charge in [-0.2, -0.15) is 0 Å². The highest BCUT2D eigenvalue weighted by Crippen LogP contribution is 2.22. The first-order valence-electron chi connectivity index (χ1n) is 6.18. The van der Waals surface area contributed by atoms with Crippen LogP contribution in [0, 0.1) is 6.92 Å². The lowest BCUT2D eigenvalue weighted by molar-refractivity contribution is -0.119. The Bertz CT molecular complexity index is 537. The van der Waals surface area contributed by atoms with Crippen molar-refractivity contribution < 1.29 is 4.79 Å². The van der Waals surface area contributed by atoms with Crippen LogP contribution >= 0.6 is 23.1 Å². The molecule has 1 unspecified atom stereocenters. The molecule has 4 heteroatoms. The number of carbonyl (C=O) groups is 1. The maximum Gasteiger partial charge on any atom is 0.230 e. The molecule has 0 aliphatic rings. The van der Waals surface area contributed by atoms with Gasteiger partial charge in [-0.05, 0) is 36.9 Å². The number of aryl methyl sites for hydroxylation is 1. The van der Waals surface area contributed by atoms with Crippen LogP contribution in [0.15, 0.2) is 46.7 Å². The largest absolute Gasteiger partial charge is 0.348 e. The number of thioether (sulfide) groups is 1. The lowest BCUT2D eigenvalue weighted by Gasteiger charge is -2.12. The zero-order valence-corrected chi connectivity index (χ0v) is 12.7. The number of hydrogen-bond acceptors (Lipinski definition) is 3. The van der Waals surface area contributed by atoms with Crippen LogP contribution in [0.5, 0.6) is 0 Å². The Balaban J connectivity index is 1.84. The lowest BCUT2D eigenvalue weighted by atomic mass is 10.2. The summed E-state index contributed by atoms with van der Waals surface area (Å²) in [6.45, 7) is 4.08. The molecule has 2 nitrogen and oxygen atoms in total. The predicted molar refractivity (Wildman–Crippen MR) is 82.8 cm³/mol. The van der Waals surface area contributed by atoms with E-state index in [4.69, 9.17) is 0 Å². The second-order valence-corrected chi connectivity index (χ2v) is 6.36. The number of hydrogen-bond donors (Lipinski definition) is 1. The van der Waals surface area contributed by atoms with Crippen molar-refractivity contribution in [3.8, 4) is 0 Å². The summed E-state index contributed by atoms with van der Waals surface area (Å²) in [6.07, 6.45) is 0. The molecule has 1 heterocycles. The van der Waals surface area contributed by atoms with Gasteiger partial charge in [0, 0.05) is 9.77 Å². The van der Waals surface area contributed by atoms with E-state index in [1.165, 1.54) is 15.3 Å². The Morgan fingerprint density at radius 3 is 2.79 bits per heavy atom. The van der Waals surface area contributed by atoms with Gasteiger partial charge in [0.15, 0.2) is 0 Å². The average Bonchev–Trinajstić information content (AvgIpc) is 2.91. The summed E-state index contributed by atoms with van der Waals surface area (Å²) >= 11 is 3.25. The minimum Gasteiger partial charge on any atom is -0.348 e. The van der Waals surface area contributed by atoms with Gasteiger partial charge in [0.1, 0.15) is 0 Å². The van der Waals surface area contributed by atoms with Crippen molar-refractivity contribution in [2.75, 3.05) is 5.75 Å². The molecule has 19 heavy (non-hydrogen) atoms. The first-order valence-corrected chi connectivity index (χ1v) is 8.04. The van der Waals surface area contributed by atoms with Crippen LogP contribution in [0.2, 0.25) is 0 Å². The minimum atomic E-state index is 0.0779. The highest BCUT2D eigenvalue weighted by Gasteiger charge is 2.10. The smallest absolute Gasteiger partial charge is 0.230 e. The molecule has 0 saturated heterocycles. The fraction of sp³-hybridized carbons (Fsp3) is 0.267. The third kappa shape index (κ3) is 4.11. The highest BCUT2D eigenvalue weighted by atomic mass is 32.2. The zero-order chi connectivity index (χ0) is 13.7. The van der Waals surface area contributed by atoms with E-state index in [0.29, 0.717) is 5.75 Å². The van der Waals surface area contributed by atoms with Crippen LogP contribution in [0.4, 0.5) is 0 Å². The molecule has 1 aromatic heterocycles. The summed E-state index contributed by atoms with van der Waals surface area (Å²) in [5, 5.41) is 5.05. The van der Waals surface area contributed by atoms with Gasteiger partial charge in [-0.25, -0.2) is 0 Å². The number of nitrogens with one attached hydrogen (secondary N) is 1. The number of rotatable bonds is 5. The zero-order valence-electron chi connectivity index (χ0n) is 11.1. The van der Waals surface area contributed by atoms with E-state index in [9.17, 15) is 4.79 Å². The average molecular weight is 291 g/mol. The Morgan fingerprint density at radius 1 is 1.32 bits per heavy atom. The number of thiophene rings is 1. The van der Waals surface area contributed by atoms with Crippen molar-refractivity contribution in [1.82, 2.24) is 5.32 Å². The van der Waals surface area contributed by atoms with Crippen molar-refractivity contribution in [1.29, 1.82) is 0 Å². The van der Waals surface area contributed by atoms with E-state index in [0.717, 1.165) is 0 Å². The molecule has 100 valence electrons. The van der Waals surface area contributed by atoms with Crippen LogP contribution in [-0.2, 0) is 4.79 Å². The molecular formula is C15H17NOS2. The fourth-order valence-electron chi connectivity index (χ4n) is 1.75. The van der Waals surface area contributed by atoms with Gasteiger partial charge < -0.3 is 5.32 Å². The van der Waals surface area contributed by atoms with Crippen molar-refractivity contribution in [3.63, 3.8) is 0 Å². The van der Waals surface area contributed by atoms with Crippen molar-refractivity contribution in [2.45, 2.75) is 24.8 Å². The number of carbonyl (C=O) groups excluding carboxylic acids is 1. The monoisotopic (exact) mass is 291 g/mol. The first-order chi connectivity index (χ1) is 9.16. The molecule has 0 aliphatic carbocycles. The molecule has 1 atom stereocenters. The van der Waals surface area contributed by atoms with E-state index in [1.54, 1.807) is 23.1 Å². The van der Waals surface area contributed by atoms with E-state index in [2.05, 4.69) is 24.4 Å². The number of benzene rings is 1. The summed E-state index contributed by atoms with van der Waals surface area (Å²) in [4.78, 5) is 14.3. The molecule has 0 spiro atoms. The maximum absolute atomic E-state index is 11.9. The lowest BCUT2D eigenvalue weighted by Crippen LogP contribution is -2.27. The normalized spacial score (nSPS) is 12.1. The summed E-state index contributed by atoms with van der Waals surface area (Å²) in [5.74, 6) is 0.537. The molecule has 0 radical (unpaired) electrons. The van der Waals surface area contributed by atoms with Crippen LogP contribution in [0.3, 0.4) is 0 Å². The molecule has 2 aromatic rings. The Kier molecular flexibility index (Phi) is 5.05. The number of amides is 1. The molecule has 2 rings (SSSR count). The maximum atomic E-state index is 11.9. The van der Waals surface area contributed by atoms with Gasteiger partial charge in [-0.3, -0.25) is 4.79 Å². The third-order valence-corrected chi connectivity index (χ3v) is 5.03. The summed E-state index contributed by atoms with van der Waals surface area (Å²) in [7, 11) is 0. The summed E-state index contributed by atoms with van der Waals surface area (Å²) in [6, 6.07) is 12.3. The topological polar surface area (TPSA) is 29.1 Å². The molecule has 0 aliphatic heterocycles. The second kappa shape index (κ2) is 6.78. The van der Waals surface area contributed by atoms with E-state index in [-0.39, 0.29) is 11.9 Å². The molecule has 0 bridgehead atoms. The molecule has 0 fully saturated rings. The van der Waals surface area contributed by atoms with E-state index < -0.39 is 0 Å². The highest BCUT2D eigenvalue weighted by molar-refractivity contribution is 8.00. The van der Waals surface area contributed by atoms with Crippen LogP contribution < -0.4 is 5.32 Å². The van der Waals surface area contributed by atoms with Gasteiger partial charge in [0.05, 0.1) is 11.8 Å². The van der Waals surface area contributed by atoms with E-state index in [1.807, 2.05) is 36.6 Å². The van der Waals surface area contributed by atoms with E-state index >= 15 is 0 Å². The third-order valence-electron chi connectivity index (χ3n) is 2.80. The van der Waals surface area contributed by atoms with Gasteiger partial charge >= 0.3 is 0 Å². The second-order valence-electron chi connectivity index (χ2n) is 4.36. The SMILES string of the molecule is Cc1ccccc1SCC(=O)NC(C)c1cccs1.